The highest BCUT2D eigenvalue weighted by Gasteiger charge is 2.20. The van der Waals surface area contributed by atoms with Crippen LogP contribution in [0.1, 0.15) is 34.3 Å². The number of rotatable bonds is 0. The zero-order valence-corrected chi connectivity index (χ0v) is 12.3. The number of nitrogen functional groups attached to an aromatic ring is 1. The minimum absolute atomic E-state index is 0.229. The number of carbonyl (C=O) groups is 1. The van der Waals surface area contributed by atoms with E-state index in [9.17, 15) is 4.79 Å². The Labute approximate surface area is 110 Å². The lowest BCUT2D eigenvalue weighted by atomic mass is 9.87. The summed E-state index contributed by atoms with van der Waals surface area (Å²) >= 11 is 0. The van der Waals surface area contributed by atoms with Crippen molar-refractivity contribution in [3.8, 4) is 11.5 Å². The number of anilines is 1. The monoisotopic (exact) mass is 257 g/mol. The van der Waals surface area contributed by atoms with Gasteiger partial charge < -0.3 is 5.73 Å². The molecule has 94 valence electrons. The first-order valence-electron chi connectivity index (χ1n) is 6.36. The fourth-order valence-electron chi connectivity index (χ4n) is 2.14. The van der Waals surface area contributed by atoms with Crippen LogP contribution in [0, 0.1) is 11.5 Å². The van der Waals surface area contributed by atoms with E-state index < -0.39 is 8.07 Å². The lowest BCUT2D eigenvalue weighted by Crippen LogP contribution is -2.17. The van der Waals surface area contributed by atoms with E-state index in [1.165, 1.54) is 0 Å². The van der Waals surface area contributed by atoms with Gasteiger partial charge in [0.05, 0.1) is 5.56 Å². The SMILES string of the molecule is C[Si](C)(C)C#Cc1c(N)ccc2c1CCCC2=O. The fraction of sp³-hybridized carbons (Fsp3) is 0.400. The molecule has 2 nitrogen and oxygen atoms in total. The first kappa shape index (κ1) is 12.9. The van der Waals surface area contributed by atoms with Gasteiger partial charge in [0.2, 0.25) is 0 Å². The van der Waals surface area contributed by atoms with Crippen LogP contribution in [0.4, 0.5) is 5.69 Å². The van der Waals surface area contributed by atoms with Gasteiger partial charge in [-0.3, -0.25) is 4.79 Å². The molecule has 1 aliphatic rings. The van der Waals surface area contributed by atoms with Crippen LogP contribution in [0.15, 0.2) is 12.1 Å². The zero-order valence-electron chi connectivity index (χ0n) is 11.3. The Bertz CT molecular complexity index is 558. The van der Waals surface area contributed by atoms with Gasteiger partial charge in [-0.2, -0.15) is 0 Å². The number of hydrogen-bond acceptors (Lipinski definition) is 2. The van der Waals surface area contributed by atoms with E-state index in [0.29, 0.717) is 12.1 Å². The second-order valence-corrected chi connectivity index (χ2v) is 10.6. The Kier molecular flexibility index (Phi) is 3.31. The summed E-state index contributed by atoms with van der Waals surface area (Å²) < 4.78 is 0. The molecule has 2 N–H and O–H groups in total. The van der Waals surface area contributed by atoms with Crippen LogP contribution in [0.2, 0.25) is 19.6 Å². The maximum absolute atomic E-state index is 11.9. The molecule has 2 rings (SSSR count). The number of benzene rings is 1. The third kappa shape index (κ3) is 2.65. The van der Waals surface area contributed by atoms with Crippen LogP contribution in [0.5, 0.6) is 0 Å². The molecule has 3 heteroatoms. The largest absolute Gasteiger partial charge is 0.398 e. The maximum atomic E-state index is 11.9. The number of hydrogen-bond donors (Lipinski definition) is 1. The van der Waals surface area contributed by atoms with Crippen LogP contribution >= 0.6 is 0 Å². The number of carbonyl (C=O) groups excluding carboxylic acids is 1. The quantitative estimate of drug-likeness (QED) is 0.441. The van der Waals surface area contributed by atoms with Crippen molar-refractivity contribution in [2.75, 3.05) is 5.73 Å². The number of ketones is 1. The predicted octanol–water partition coefficient (Wildman–Crippen LogP) is 3.02. The molecule has 0 bridgehead atoms. The Balaban J connectivity index is 2.55. The van der Waals surface area contributed by atoms with Gasteiger partial charge in [0.25, 0.3) is 0 Å². The molecule has 0 amide bonds. The number of fused-ring (bicyclic) bond motifs is 1. The van der Waals surface area contributed by atoms with E-state index in [0.717, 1.165) is 29.5 Å². The van der Waals surface area contributed by atoms with E-state index in [2.05, 4.69) is 31.1 Å². The second-order valence-electron chi connectivity index (χ2n) is 5.83. The molecule has 0 aromatic heterocycles. The molecule has 0 spiro atoms. The highest BCUT2D eigenvalue weighted by molar-refractivity contribution is 6.83. The fourth-order valence-corrected chi connectivity index (χ4v) is 2.64. The summed E-state index contributed by atoms with van der Waals surface area (Å²) in [6, 6.07) is 3.67. The Morgan fingerprint density at radius 2 is 1.94 bits per heavy atom. The van der Waals surface area contributed by atoms with Gasteiger partial charge in [-0.1, -0.05) is 25.6 Å². The average molecular weight is 257 g/mol. The van der Waals surface area contributed by atoms with Crippen molar-refractivity contribution in [2.24, 2.45) is 0 Å². The van der Waals surface area contributed by atoms with Gasteiger partial charge in [0, 0.05) is 17.7 Å². The van der Waals surface area contributed by atoms with Gasteiger partial charge in [0.1, 0.15) is 8.07 Å². The van der Waals surface area contributed by atoms with Crippen molar-refractivity contribution < 1.29 is 4.79 Å². The van der Waals surface area contributed by atoms with Gasteiger partial charge in [-0.25, -0.2) is 0 Å². The highest BCUT2D eigenvalue weighted by atomic mass is 28.3. The summed E-state index contributed by atoms with van der Waals surface area (Å²) in [5.74, 6) is 3.47. The number of nitrogens with two attached hydrogens (primary N) is 1. The first-order chi connectivity index (χ1) is 8.38. The molecule has 0 saturated heterocycles. The van der Waals surface area contributed by atoms with Crippen molar-refractivity contribution >= 4 is 19.5 Å². The lowest BCUT2D eigenvalue weighted by molar-refractivity contribution is 0.0972. The normalized spacial score (nSPS) is 14.7. The topological polar surface area (TPSA) is 43.1 Å². The van der Waals surface area contributed by atoms with Crippen LogP contribution in [0.25, 0.3) is 0 Å². The van der Waals surface area contributed by atoms with Gasteiger partial charge >= 0.3 is 0 Å². The zero-order chi connectivity index (χ0) is 13.3. The summed E-state index contributed by atoms with van der Waals surface area (Å²) in [4.78, 5) is 11.9. The molecule has 1 aromatic carbocycles. The van der Waals surface area contributed by atoms with Crippen molar-refractivity contribution in [2.45, 2.75) is 38.9 Å². The van der Waals surface area contributed by atoms with Crippen LogP contribution in [-0.2, 0) is 6.42 Å². The molecule has 0 unspecified atom stereocenters. The molecule has 18 heavy (non-hydrogen) atoms. The molecule has 1 aliphatic carbocycles. The summed E-state index contributed by atoms with van der Waals surface area (Å²) in [6.07, 6.45) is 2.48. The van der Waals surface area contributed by atoms with Crippen LogP contribution < -0.4 is 5.73 Å². The van der Waals surface area contributed by atoms with Crippen molar-refractivity contribution in [1.29, 1.82) is 0 Å². The standard InChI is InChI=1S/C15H19NOSi/c1-18(2,3)10-9-12-11-5-4-6-15(17)13(11)7-8-14(12)16/h7-8H,4-6,16H2,1-3H3. The molecule has 0 fully saturated rings. The van der Waals surface area contributed by atoms with Gasteiger partial charge in [-0.15, -0.1) is 5.54 Å². The molecule has 0 radical (unpaired) electrons. The molecule has 1 aromatic rings. The highest BCUT2D eigenvalue weighted by Crippen LogP contribution is 2.27. The van der Waals surface area contributed by atoms with Gasteiger partial charge in [0.15, 0.2) is 5.78 Å². The van der Waals surface area contributed by atoms with Crippen molar-refractivity contribution in [3.63, 3.8) is 0 Å². The molecule has 0 heterocycles. The summed E-state index contributed by atoms with van der Waals surface area (Å²) in [5, 5.41) is 0. The summed E-state index contributed by atoms with van der Waals surface area (Å²) in [6.45, 7) is 6.62. The van der Waals surface area contributed by atoms with E-state index in [1.54, 1.807) is 0 Å². The Hall–Kier alpha value is -1.53. The van der Waals surface area contributed by atoms with Gasteiger partial charge in [-0.05, 0) is 30.5 Å². The summed E-state index contributed by atoms with van der Waals surface area (Å²) in [5.41, 5.74) is 12.9. The van der Waals surface area contributed by atoms with E-state index >= 15 is 0 Å². The third-order valence-electron chi connectivity index (χ3n) is 3.04. The Morgan fingerprint density at radius 1 is 1.22 bits per heavy atom. The van der Waals surface area contributed by atoms with Crippen LogP contribution in [0.3, 0.4) is 0 Å². The number of Topliss-reactive ketones (excluding diaryl/α,β-unsaturated/α-hetero) is 1. The van der Waals surface area contributed by atoms with E-state index in [4.69, 9.17) is 5.73 Å². The molecule has 0 saturated carbocycles. The van der Waals surface area contributed by atoms with E-state index in [1.807, 2.05) is 12.1 Å². The molecule has 0 aliphatic heterocycles. The minimum Gasteiger partial charge on any atom is -0.398 e. The maximum Gasteiger partial charge on any atom is 0.163 e. The first-order valence-corrected chi connectivity index (χ1v) is 9.86. The van der Waals surface area contributed by atoms with Crippen molar-refractivity contribution in [1.82, 2.24) is 0 Å². The smallest absolute Gasteiger partial charge is 0.163 e. The van der Waals surface area contributed by atoms with E-state index in [-0.39, 0.29) is 5.78 Å². The second kappa shape index (κ2) is 4.62. The Morgan fingerprint density at radius 3 is 2.61 bits per heavy atom. The minimum atomic E-state index is -1.43. The molecular formula is C15H19NOSi. The lowest BCUT2D eigenvalue weighted by Gasteiger charge is -2.17. The summed E-state index contributed by atoms with van der Waals surface area (Å²) in [7, 11) is -1.43. The average Bonchev–Trinajstić information content (AvgIpc) is 2.26. The predicted molar refractivity (Wildman–Crippen MR) is 78.3 cm³/mol. The molecular weight excluding hydrogens is 238 g/mol. The molecule has 0 atom stereocenters. The third-order valence-corrected chi connectivity index (χ3v) is 3.91. The van der Waals surface area contributed by atoms with Crippen LogP contribution in [-0.4, -0.2) is 13.9 Å². The van der Waals surface area contributed by atoms with Crippen molar-refractivity contribution in [3.05, 3.63) is 28.8 Å².